The zero-order chi connectivity index (χ0) is 15.7. The molecule has 22 heavy (non-hydrogen) atoms. The van der Waals surface area contributed by atoms with Crippen molar-refractivity contribution < 1.29 is 9.53 Å². The Morgan fingerprint density at radius 2 is 2.09 bits per heavy atom. The molecule has 2 aliphatic heterocycles. The molecular weight excluding hydrogens is 276 g/mol. The van der Waals surface area contributed by atoms with Crippen LogP contribution in [0.2, 0.25) is 0 Å². The number of rotatable bonds is 2. The molecule has 1 atom stereocenters. The summed E-state index contributed by atoms with van der Waals surface area (Å²) in [7, 11) is 1.90. The van der Waals surface area contributed by atoms with E-state index in [1.54, 1.807) is 0 Å². The van der Waals surface area contributed by atoms with E-state index in [1.807, 2.05) is 11.9 Å². The van der Waals surface area contributed by atoms with E-state index in [0.717, 1.165) is 32.8 Å². The smallest absolute Gasteiger partial charge is 0.223 e. The molecule has 0 radical (unpaired) electrons. The Balaban J connectivity index is 1.76. The van der Waals surface area contributed by atoms with Crippen molar-refractivity contribution in [2.24, 2.45) is 5.41 Å². The molecule has 2 heterocycles. The summed E-state index contributed by atoms with van der Waals surface area (Å²) in [5.41, 5.74) is 4.00. The number of hydrogen-bond donors (Lipinski definition) is 0. The monoisotopic (exact) mass is 302 g/mol. The topological polar surface area (TPSA) is 32.8 Å². The van der Waals surface area contributed by atoms with Crippen LogP contribution in [0.3, 0.4) is 0 Å². The summed E-state index contributed by atoms with van der Waals surface area (Å²) in [6.45, 7) is 9.40. The van der Waals surface area contributed by atoms with Crippen LogP contribution >= 0.6 is 0 Å². The lowest BCUT2D eigenvalue weighted by molar-refractivity contribution is -0.126. The minimum Gasteiger partial charge on any atom is -0.379 e. The Hall–Kier alpha value is -1.39. The van der Waals surface area contributed by atoms with Crippen LogP contribution in [0.15, 0.2) is 18.2 Å². The van der Waals surface area contributed by atoms with Gasteiger partial charge in [-0.3, -0.25) is 9.69 Å². The highest BCUT2D eigenvalue weighted by Crippen LogP contribution is 2.34. The van der Waals surface area contributed by atoms with Gasteiger partial charge in [0, 0.05) is 45.1 Å². The van der Waals surface area contributed by atoms with E-state index in [4.69, 9.17) is 4.74 Å². The van der Waals surface area contributed by atoms with Gasteiger partial charge in [-0.2, -0.15) is 0 Å². The molecule has 2 fully saturated rings. The quantitative estimate of drug-likeness (QED) is 0.837. The van der Waals surface area contributed by atoms with E-state index in [9.17, 15) is 4.79 Å². The highest BCUT2D eigenvalue weighted by atomic mass is 16.5. The van der Waals surface area contributed by atoms with Crippen LogP contribution in [0, 0.1) is 19.3 Å². The zero-order valence-electron chi connectivity index (χ0n) is 13.9. The van der Waals surface area contributed by atoms with E-state index >= 15 is 0 Å². The molecule has 0 bridgehead atoms. The van der Waals surface area contributed by atoms with Gasteiger partial charge < -0.3 is 9.64 Å². The Morgan fingerprint density at radius 1 is 1.27 bits per heavy atom. The molecule has 1 aromatic rings. The molecule has 0 unspecified atom stereocenters. The number of carbonyl (C=O) groups excluding carboxylic acids is 1. The molecule has 120 valence electrons. The average molecular weight is 302 g/mol. The van der Waals surface area contributed by atoms with Crippen LogP contribution < -0.4 is 0 Å². The third-order valence-corrected chi connectivity index (χ3v) is 4.94. The van der Waals surface area contributed by atoms with Gasteiger partial charge in [-0.25, -0.2) is 0 Å². The van der Waals surface area contributed by atoms with E-state index in [1.165, 1.54) is 16.7 Å². The van der Waals surface area contributed by atoms with Crippen molar-refractivity contribution in [3.8, 4) is 0 Å². The maximum absolute atomic E-state index is 12.0. The molecule has 1 spiro atoms. The van der Waals surface area contributed by atoms with Crippen molar-refractivity contribution in [2.75, 3.05) is 39.9 Å². The molecule has 1 aromatic carbocycles. The van der Waals surface area contributed by atoms with Crippen LogP contribution in [0.4, 0.5) is 0 Å². The van der Waals surface area contributed by atoms with Gasteiger partial charge in [0.05, 0.1) is 13.2 Å². The fourth-order valence-electron chi connectivity index (χ4n) is 3.73. The van der Waals surface area contributed by atoms with Gasteiger partial charge in [0.2, 0.25) is 5.91 Å². The largest absolute Gasteiger partial charge is 0.379 e. The van der Waals surface area contributed by atoms with Crippen molar-refractivity contribution in [1.29, 1.82) is 0 Å². The van der Waals surface area contributed by atoms with Gasteiger partial charge in [-0.1, -0.05) is 23.8 Å². The Morgan fingerprint density at radius 3 is 2.82 bits per heavy atom. The third-order valence-electron chi connectivity index (χ3n) is 4.94. The summed E-state index contributed by atoms with van der Waals surface area (Å²) in [5, 5.41) is 0. The standard InChI is InChI=1S/C18H26N2O2/c1-14-4-5-15(2)16(8-14)10-20-6-7-22-13-18(12-20)9-17(21)19(3)11-18/h4-5,8H,6-7,9-13H2,1-3H3/t18-/m0/s1. The Kier molecular flexibility index (Phi) is 4.24. The minimum absolute atomic E-state index is 0.0277. The molecule has 0 aromatic heterocycles. The lowest BCUT2D eigenvalue weighted by Gasteiger charge is -2.31. The van der Waals surface area contributed by atoms with E-state index < -0.39 is 0 Å². The molecule has 0 saturated carbocycles. The van der Waals surface area contributed by atoms with Crippen molar-refractivity contribution in [1.82, 2.24) is 9.80 Å². The van der Waals surface area contributed by atoms with E-state index in [2.05, 4.69) is 36.9 Å². The summed E-state index contributed by atoms with van der Waals surface area (Å²) in [4.78, 5) is 16.3. The number of ether oxygens (including phenoxy) is 1. The SMILES string of the molecule is Cc1ccc(C)c(CN2CCOC[C@]3(CC(=O)N(C)C3)C2)c1. The first-order valence-corrected chi connectivity index (χ1v) is 8.08. The molecule has 4 heteroatoms. The lowest BCUT2D eigenvalue weighted by atomic mass is 9.87. The van der Waals surface area contributed by atoms with Gasteiger partial charge in [-0.15, -0.1) is 0 Å². The summed E-state index contributed by atoms with van der Waals surface area (Å²) >= 11 is 0. The summed E-state index contributed by atoms with van der Waals surface area (Å²) in [5.74, 6) is 0.247. The fourth-order valence-corrected chi connectivity index (χ4v) is 3.73. The number of carbonyl (C=O) groups is 1. The second kappa shape index (κ2) is 6.01. The van der Waals surface area contributed by atoms with Crippen LogP contribution in [-0.4, -0.2) is 55.6 Å². The molecule has 4 nitrogen and oxygen atoms in total. The molecule has 2 aliphatic rings. The van der Waals surface area contributed by atoms with Crippen LogP contribution in [0.5, 0.6) is 0 Å². The highest BCUT2D eigenvalue weighted by Gasteiger charge is 2.44. The summed E-state index contributed by atoms with van der Waals surface area (Å²) in [6.07, 6.45) is 0.618. The van der Waals surface area contributed by atoms with Gasteiger partial charge in [-0.05, 0) is 25.0 Å². The van der Waals surface area contributed by atoms with E-state index in [-0.39, 0.29) is 11.3 Å². The highest BCUT2D eigenvalue weighted by molar-refractivity contribution is 5.79. The number of aryl methyl sites for hydroxylation is 2. The van der Waals surface area contributed by atoms with E-state index in [0.29, 0.717) is 13.0 Å². The summed E-state index contributed by atoms with van der Waals surface area (Å²) < 4.78 is 5.83. The molecular formula is C18H26N2O2. The number of hydrogen-bond acceptors (Lipinski definition) is 3. The third kappa shape index (κ3) is 3.18. The average Bonchev–Trinajstić information content (AvgIpc) is 2.62. The predicted octanol–water partition coefficient (Wildman–Crippen LogP) is 1.98. The lowest BCUT2D eigenvalue weighted by Crippen LogP contribution is -2.40. The molecule has 0 N–H and O–H groups in total. The van der Waals surface area contributed by atoms with Gasteiger partial charge >= 0.3 is 0 Å². The zero-order valence-corrected chi connectivity index (χ0v) is 13.9. The Bertz CT molecular complexity index is 572. The molecule has 2 saturated heterocycles. The van der Waals surface area contributed by atoms with Crippen LogP contribution in [0.1, 0.15) is 23.1 Å². The van der Waals surface area contributed by atoms with Gasteiger partial charge in [0.15, 0.2) is 0 Å². The number of nitrogens with zero attached hydrogens (tertiary/aromatic N) is 2. The first-order valence-electron chi connectivity index (χ1n) is 8.08. The predicted molar refractivity (Wildman–Crippen MR) is 86.7 cm³/mol. The molecule has 1 amide bonds. The number of likely N-dealkylation sites (tertiary alicyclic amines) is 1. The van der Waals surface area contributed by atoms with Gasteiger partial charge in [0.25, 0.3) is 0 Å². The number of benzene rings is 1. The first-order chi connectivity index (χ1) is 10.5. The van der Waals surface area contributed by atoms with Crippen LogP contribution in [0.25, 0.3) is 0 Å². The second-order valence-electron chi connectivity index (χ2n) is 7.12. The van der Waals surface area contributed by atoms with Crippen molar-refractivity contribution in [3.63, 3.8) is 0 Å². The normalized spacial score (nSPS) is 26.7. The first kappa shape index (κ1) is 15.5. The fraction of sp³-hybridized carbons (Fsp3) is 0.611. The van der Waals surface area contributed by atoms with Crippen molar-refractivity contribution in [2.45, 2.75) is 26.8 Å². The molecule has 0 aliphatic carbocycles. The maximum atomic E-state index is 12.0. The number of amides is 1. The van der Waals surface area contributed by atoms with Crippen molar-refractivity contribution in [3.05, 3.63) is 34.9 Å². The maximum Gasteiger partial charge on any atom is 0.223 e. The Labute approximate surface area is 133 Å². The molecule has 3 rings (SSSR count). The minimum atomic E-state index is -0.0277. The van der Waals surface area contributed by atoms with Crippen LogP contribution in [-0.2, 0) is 16.1 Å². The second-order valence-corrected chi connectivity index (χ2v) is 7.12. The van der Waals surface area contributed by atoms with Gasteiger partial charge in [0.1, 0.15) is 0 Å². The summed E-state index contributed by atoms with van der Waals surface area (Å²) in [6, 6.07) is 6.64. The van der Waals surface area contributed by atoms with Crippen molar-refractivity contribution >= 4 is 5.91 Å².